The summed E-state index contributed by atoms with van der Waals surface area (Å²) >= 11 is 0. The van der Waals surface area contributed by atoms with Crippen molar-refractivity contribution in [1.82, 2.24) is 9.78 Å². The lowest BCUT2D eigenvalue weighted by Gasteiger charge is -2.08. The van der Waals surface area contributed by atoms with E-state index in [1.807, 2.05) is 6.92 Å². The Bertz CT molecular complexity index is 779. The summed E-state index contributed by atoms with van der Waals surface area (Å²) in [6.45, 7) is 2.52. The van der Waals surface area contributed by atoms with Crippen LogP contribution < -0.4 is 5.32 Å². The van der Waals surface area contributed by atoms with Crippen molar-refractivity contribution in [3.63, 3.8) is 0 Å². The number of carbonyl (C=O) groups is 2. The van der Waals surface area contributed by atoms with Crippen LogP contribution in [0.2, 0.25) is 0 Å². The maximum Gasteiger partial charge on any atom is 0.471 e. The van der Waals surface area contributed by atoms with Gasteiger partial charge in [-0.2, -0.15) is 18.3 Å². The molecule has 0 aliphatic rings. The molecular formula is C16H14F3N3O2. The number of aromatic nitrogens is 2. The van der Waals surface area contributed by atoms with Crippen molar-refractivity contribution in [3.8, 4) is 0 Å². The van der Waals surface area contributed by atoms with Crippen LogP contribution in [0.4, 0.5) is 18.9 Å². The molecule has 0 saturated heterocycles. The molecule has 0 atom stereocenters. The van der Waals surface area contributed by atoms with Gasteiger partial charge in [0.05, 0.1) is 11.8 Å². The number of ketones is 1. The van der Waals surface area contributed by atoms with E-state index in [0.717, 1.165) is 0 Å². The lowest BCUT2D eigenvalue weighted by atomic mass is 10.1. The zero-order valence-electron chi connectivity index (χ0n) is 12.7. The van der Waals surface area contributed by atoms with Gasteiger partial charge in [0.1, 0.15) is 0 Å². The first-order chi connectivity index (χ1) is 11.3. The van der Waals surface area contributed by atoms with E-state index in [-0.39, 0.29) is 11.5 Å². The number of aryl methyl sites for hydroxylation is 1. The highest BCUT2D eigenvalue weighted by molar-refractivity contribution is 6.06. The number of nitrogens with one attached hydrogen (secondary N) is 1. The molecule has 5 nitrogen and oxygen atoms in total. The van der Waals surface area contributed by atoms with Crippen LogP contribution in [0.3, 0.4) is 0 Å². The molecule has 1 N–H and O–H groups in total. The molecular weight excluding hydrogens is 323 g/mol. The molecule has 2 aromatic rings. The zero-order valence-corrected chi connectivity index (χ0v) is 12.7. The van der Waals surface area contributed by atoms with Gasteiger partial charge >= 0.3 is 12.1 Å². The summed E-state index contributed by atoms with van der Waals surface area (Å²) in [4.78, 5) is 22.9. The van der Waals surface area contributed by atoms with Gasteiger partial charge in [0.25, 0.3) is 0 Å². The summed E-state index contributed by atoms with van der Waals surface area (Å²) in [5, 5.41) is 5.74. The van der Waals surface area contributed by atoms with E-state index in [4.69, 9.17) is 0 Å². The SMILES string of the molecule is CCn1cc(C(=O)C=Cc2cccc(NC(=O)C(F)(F)F)c2)cn1. The van der Waals surface area contributed by atoms with E-state index in [1.165, 1.54) is 36.5 Å². The van der Waals surface area contributed by atoms with Gasteiger partial charge in [0, 0.05) is 18.4 Å². The van der Waals surface area contributed by atoms with Crippen molar-refractivity contribution in [3.05, 3.63) is 53.9 Å². The predicted octanol–water partition coefficient (Wildman–Crippen LogP) is 3.30. The Kier molecular flexibility index (Phi) is 5.18. The van der Waals surface area contributed by atoms with Crippen molar-refractivity contribution in [2.45, 2.75) is 19.6 Å². The first-order valence-corrected chi connectivity index (χ1v) is 7.02. The number of alkyl halides is 3. The molecule has 0 saturated carbocycles. The summed E-state index contributed by atoms with van der Waals surface area (Å²) < 4.78 is 38.3. The largest absolute Gasteiger partial charge is 0.471 e. The molecule has 24 heavy (non-hydrogen) atoms. The fourth-order valence-corrected chi connectivity index (χ4v) is 1.85. The fraction of sp³-hybridized carbons (Fsp3) is 0.188. The minimum absolute atomic E-state index is 0.00859. The number of hydrogen-bond donors (Lipinski definition) is 1. The average molecular weight is 337 g/mol. The van der Waals surface area contributed by atoms with Gasteiger partial charge in [-0.3, -0.25) is 14.3 Å². The maximum atomic E-state index is 12.2. The third-order valence-corrected chi connectivity index (χ3v) is 3.07. The molecule has 0 radical (unpaired) electrons. The van der Waals surface area contributed by atoms with Crippen LogP contribution in [0.1, 0.15) is 22.8 Å². The van der Waals surface area contributed by atoms with Crippen molar-refractivity contribution in [1.29, 1.82) is 0 Å². The summed E-state index contributed by atoms with van der Waals surface area (Å²) in [6, 6.07) is 5.74. The number of benzene rings is 1. The van der Waals surface area contributed by atoms with Crippen LogP contribution in [0, 0.1) is 0 Å². The molecule has 0 fully saturated rings. The summed E-state index contributed by atoms with van der Waals surface area (Å²) in [6.07, 6.45) is 0.834. The number of halogens is 3. The Hall–Kier alpha value is -2.90. The molecule has 1 heterocycles. The topological polar surface area (TPSA) is 64.0 Å². The van der Waals surface area contributed by atoms with Gasteiger partial charge in [-0.05, 0) is 30.7 Å². The van der Waals surface area contributed by atoms with E-state index >= 15 is 0 Å². The van der Waals surface area contributed by atoms with E-state index in [1.54, 1.807) is 22.3 Å². The third kappa shape index (κ3) is 4.55. The zero-order chi connectivity index (χ0) is 17.7. The van der Waals surface area contributed by atoms with Crippen LogP contribution >= 0.6 is 0 Å². The van der Waals surface area contributed by atoms with Gasteiger partial charge < -0.3 is 5.32 Å². The van der Waals surface area contributed by atoms with Crippen LogP contribution in [-0.2, 0) is 11.3 Å². The second kappa shape index (κ2) is 7.12. The van der Waals surface area contributed by atoms with E-state index < -0.39 is 12.1 Å². The van der Waals surface area contributed by atoms with Crippen molar-refractivity contribution in [2.24, 2.45) is 0 Å². The number of nitrogens with zero attached hydrogens (tertiary/aromatic N) is 2. The highest BCUT2D eigenvalue weighted by atomic mass is 19.4. The Balaban J connectivity index is 2.08. The Labute approximate surface area is 135 Å². The summed E-state index contributed by atoms with van der Waals surface area (Å²) in [5.74, 6) is -2.33. The minimum Gasteiger partial charge on any atom is -0.318 e. The normalized spacial score (nSPS) is 11.7. The summed E-state index contributed by atoms with van der Waals surface area (Å²) in [7, 11) is 0. The van der Waals surface area contributed by atoms with Crippen LogP contribution in [0.15, 0.2) is 42.7 Å². The highest BCUT2D eigenvalue weighted by Crippen LogP contribution is 2.19. The van der Waals surface area contributed by atoms with E-state index in [9.17, 15) is 22.8 Å². The van der Waals surface area contributed by atoms with Gasteiger partial charge in [0.2, 0.25) is 0 Å². The van der Waals surface area contributed by atoms with Gasteiger partial charge in [-0.1, -0.05) is 18.2 Å². The van der Waals surface area contributed by atoms with Crippen LogP contribution in [-0.4, -0.2) is 27.6 Å². The van der Waals surface area contributed by atoms with Crippen LogP contribution in [0.5, 0.6) is 0 Å². The molecule has 1 aromatic carbocycles. The molecule has 1 aromatic heterocycles. The summed E-state index contributed by atoms with van der Waals surface area (Å²) in [5.41, 5.74) is 0.881. The van der Waals surface area contributed by atoms with E-state index in [2.05, 4.69) is 5.10 Å². The number of carbonyl (C=O) groups excluding carboxylic acids is 2. The van der Waals surface area contributed by atoms with Gasteiger partial charge in [0.15, 0.2) is 5.78 Å². The fourth-order valence-electron chi connectivity index (χ4n) is 1.85. The smallest absolute Gasteiger partial charge is 0.318 e. The number of allylic oxidation sites excluding steroid dienone is 1. The first-order valence-electron chi connectivity index (χ1n) is 7.02. The molecule has 8 heteroatoms. The number of hydrogen-bond acceptors (Lipinski definition) is 3. The second-order valence-corrected chi connectivity index (χ2v) is 4.86. The lowest BCUT2D eigenvalue weighted by Crippen LogP contribution is -2.29. The molecule has 0 aliphatic heterocycles. The third-order valence-electron chi connectivity index (χ3n) is 3.07. The van der Waals surface area contributed by atoms with Crippen molar-refractivity contribution >= 4 is 23.5 Å². The molecule has 2 rings (SSSR count). The molecule has 0 spiro atoms. The highest BCUT2D eigenvalue weighted by Gasteiger charge is 2.38. The molecule has 0 bridgehead atoms. The number of anilines is 1. The molecule has 1 amide bonds. The minimum atomic E-state index is -4.96. The van der Waals surface area contributed by atoms with Crippen LogP contribution in [0.25, 0.3) is 6.08 Å². The Morgan fingerprint density at radius 1 is 1.33 bits per heavy atom. The van der Waals surface area contributed by atoms with E-state index in [0.29, 0.717) is 17.7 Å². The molecule has 0 unspecified atom stereocenters. The van der Waals surface area contributed by atoms with Crippen molar-refractivity contribution in [2.75, 3.05) is 5.32 Å². The first kappa shape index (κ1) is 17.5. The number of amides is 1. The van der Waals surface area contributed by atoms with Crippen molar-refractivity contribution < 1.29 is 22.8 Å². The lowest BCUT2D eigenvalue weighted by molar-refractivity contribution is -0.167. The quantitative estimate of drug-likeness (QED) is 0.672. The second-order valence-electron chi connectivity index (χ2n) is 4.86. The number of rotatable bonds is 5. The Morgan fingerprint density at radius 2 is 2.08 bits per heavy atom. The standard InChI is InChI=1S/C16H14F3N3O2/c1-2-22-10-12(9-20-22)14(23)7-6-11-4-3-5-13(8-11)21-15(24)16(17,18)19/h3-10H,2H2,1H3,(H,21,24). The average Bonchev–Trinajstić information content (AvgIpc) is 3.01. The molecule has 126 valence electrons. The molecule has 0 aliphatic carbocycles. The van der Waals surface area contributed by atoms with Gasteiger partial charge in [-0.25, -0.2) is 0 Å². The maximum absolute atomic E-state index is 12.2. The monoisotopic (exact) mass is 337 g/mol. The Morgan fingerprint density at radius 3 is 2.71 bits per heavy atom. The van der Waals surface area contributed by atoms with Gasteiger partial charge in [-0.15, -0.1) is 0 Å². The predicted molar refractivity (Wildman–Crippen MR) is 82.4 cm³/mol.